The monoisotopic (exact) mass is 348 g/mol. The van der Waals surface area contributed by atoms with Crippen LogP contribution in [0.25, 0.3) is 21.1 Å². The van der Waals surface area contributed by atoms with Gasteiger partial charge in [0.25, 0.3) is 5.56 Å². The molecule has 2 heterocycles. The number of aryl methyl sites for hydroxylation is 2. The highest BCUT2D eigenvalue weighted by Crippen LogP contribution is 2.25. The van der Waals surface area contributed by atoms with E-state index in [1.807, 2.05) is 44.2 Å². The molecule has 0 aliphatic heterocycles. The highest BCUT2D eigenvalue weighted by atomic mass is 32.1. The van der Waals surface area contributed by atoms with Crippen LogP contribution in [-0.4, -0.2) is 16.2 Å². The van der Waals surface area contributed by atoms with E-state index in [9.17, 15) is 4.79 Å². The highest BCUT2D eigenvalue weighted by molar-refractivity contribution is 7.22. The number of benzene rings is 2. The minimum absolute atomic E-state index is 0.158. The standard InChI is InChI=1S/C19H16N4OS/c1-11-7-12(2)17-13(8-11)9-14(18(24)22-17)10-20-23-19-21-15-5-3-4-6-16(15)25-19/h3-10H,1-2H3,(H,21,23)(H,22,24)/b20-10+. The van der Waals surface area contributed by atoms with Crippen LogP contribution in [0.15, 0.2) is 52.4 Å². The number of thiazole rings is 1. The molecular weight excluding hydrogens is 332 g/mol. The molecule has 0 unspecified atom stereocenters. The van der Waals surface area contributed by atoms with Crippen molar-refractivity contribution < 1.29 is 0 Å². The molecular formula is C19H16N4OS. The maximum Gasteiger partial charge on any atom is 0.257 e. The van der Waals surface area contributed by atoms with Crippen molar-refractivity contribution in [1.82, 2.24) is 9.97 Å². The molecule has 124 valence electrons. The molecule has 0 aliphatic rings. The topological polar surface area (TPSA) is 70.1 Å². The van der Waals surface area contributed by atoms with E-state index in [4.69, 9.17) is 0 Å². The first-order valence-electron chi connectivity index (χ1n) is 7.89. The number of para-hydroxylation sites is 1. The molecule has 0 aliphatic carbocycles. The van der Waals surface area contributed by atoms with E-state index >= 15 is 0 Å². The number of nitrogens with zero attached hydrogens (tertiary/aromatic N) is 2. The van der Waals surface area contributed by atoms with Crippen molar-refractivity contribution >= 4 is 43.8 Å². The summed E-state index contributed by atoms with van der Waals surface area (Å²) in [6.45, 7) is 4.04. The summed E-state index contributed by atoms with van der Waals surface area (Å²) in [5, 5.41) is 5.87. The minimum Gasteiger partial charge on any atom is -0.321 e. The van der Waals surface area contributed by atoms with Crippen LogP contribution in [0.3, 0.4) is 0 Å². The summed E-state index contributed by atoms with van der Waals surface area (Å²) in [7, 11) is 0. The molecule has 0 fully saturated rings. The summed E-state index contributed by atoms with van der Waals surface area (Å²) in [4.78, 5) is 19.6. The number of hydrogen-bond donors (Lipinski definition) is 2. The lowest BCUT2D eigenvalue weighted by Gasteiger charge is -2.05. The summed E-state index contributed by atoms with van der Waals surface area (Å²) in [6, 6.07) is 13.9. The zero-order valence-electron chi connectivity index (χ0n) is 13.8. The van der Waals surface area contributed by atoms with Crippen molar-refractivity contribution in [3.63, 3.8) is 0 Å². The zero-order chi connectivity index (χ0) is 17.4. The fourth-order valence-electron chi connectivity index (χ4n) is 2.88. The van der Waals surface area contributed by atoms with Gasteiger partial charge in [-0.05, 0) is 49.1 Å². The van der Waals surface area contributed by atoms with Crippen LogP contribution >= 0.6 is 11.3 Å². The molecule has 2 aromatic carbocycles. The summed E-state index contributed by atoms with van der Waals surface area (Å²) in [5.41, 5.74) is 7.27. The van der Waals surface area contributed by atoms with Gasteiger partial charge in [-0.1, -0.05) is 35.1 Å². The lowest BCUT2D eigenvalue weighted by atomic mass is 10.1. The molecule has 4 aromatic rings. The van der Waals surface area contributed by atoms with E-state index in [1.54, 1.807) is 0 Å². The predicted molar refractivity (Wildman–Crippen MR) is 105 cm³/mol. The molecule has 0 amide bonds. The molecule has 0 spiro atoms. The fourth-order valence-corrected chi connectivity index (χ4v) is 3.69. The van der Waals surface area contributed by atoms with Crippen LogP contribution in [-0.2, 0) is 0 Å². The Balaban J connectivity index is 1.64. The van der Waals surface area contributed by atoms with Crippen molar-refractivity contribution in [2.24, 2.45) is 5.10 Å². The average Bonchev–Trinajstić information content (AvgIpc) is 2.99. The number of hydrazone groups is 1. The molecule has 6 heteroatoms. The van der Waals surface area contributed by atoms with Gasteiger partial charge in [0.05, 0.1) is 27.5 Å². The van der Waals surface area contributed by atoms with Crippen molar-refractivity contribution in [2.45, 2.75) is 13.8 Å². The largest absolute Gasteiger partial charge is 0.321 e. The van der Waals surface area contributed by atoms with Gasteiger partial charge in [-0.25, -0.2) is 4.98 Å². The first kappa shape index (κ1) is 15.5. The summed E-state index contributed by atoms with van der Waals surface area (Å²) in [5.74, 6) is 0. The fraction of sp³-hybridized carbons (Fsp3) is 0.105. The van der Waals surface area contributed by atoms with Crippen LogP contribution in [0.2, 0.25) is 0 Å². The van der Waals surface area contributed by atoms with Gasteiger partial charge in [-0.2, -0.15) is 5.10 Å². The second-order valence-corrected chi connectivity index (χ2v) is 6.99. The van der Waals surface area contributed by atoms with Gasteiger partial charge in [0, 0.05) is 0 Å². The molecule has 4 rings (SSSR count). The van der Waals surface area contributed by atoms with Gasteiger partial charge in [0.15, 0.2) is 0 Å². The molecule has 0 saturated heterocycles. The third kappa shape index (κ3) is 3.04. The highest BCUT2D eigenvalue weighted by Gasteiger charge is 2.05. The smallest absolute Gasteiger partial charge is 0.257 e. The first-order chi connectivity index (χ1) is 12.1. The predicted octanol–water partition coefficient (Wildman–Crippen LogP) is 4.20. The van der Waals surface area contributed by atoms with Gasteiger partial charge in [-0.3, -0.25) is 10.2 Å². The molecule has 25 heavy (non-hydrogen) atoms. The van der Waals surface area contributed by atoms with Crippen LogP contribution in [0, 0.1) is 13.8 Å². The lowest BCUT2D eigenvalue weighted by molar-refractivity contribution is 1.25. The Kier molecular flexibility index (Phi) is 3.82. The second-order valence-electron chi connectivity index (χ2n) is 5.96. The van der Waals surface area contributed by atoms with Crippen LogP contribution in [0.5, 0.6) is 0 Å². The Bertz CT molecular complexity index is 1140. The Morgan fingerprint density at radius 2 is 2.04 bits per heavy atom. The average molecular weight is 348 g/mol. The molecule has 0 bridgehead atoms. The normalized spacial score (nSPS) is 11.6. The Hall–Kier alpha value is -2.99. The van der Waals surface area contributed by atoms with Crippen molar-refractivity contribution in [2.75, 3.05) is 5.43 Å². The van der Waals surface area contributed by atoms with Crippen LogP contribution < -0.4 is 11.0 Å². The Morgan fingerprint density at radius 3 is 2.88 bits per heavy atom. The number of nitrogens with one attached hydrogen (secondary N) is 2. The van der Waals surface area contributed by atoms with Crippen molar-refractivity contribution in [3.8, 4) is 0 Å². The number of aromatic amines is 1. The minimum atomic E-state index is -0.158. The quantitative estimate of drug-likeness (QED) is 0.430. The SMILES string of the molecule is Cc1cc(C)c2[nH]c(=O)c(/C=N/Nc3nc4ccccc4s3)cc2c1. The third-order valence-corrected chi connectivity index (χ3v) is 4.92. The van der Waals surface area contributed by atoms with Crippen molar-refractivity contribution in [3.05, 3.63) is 69.5 Å². The number of pyridine rings is 1. The Morgan fingerprint density at radius 1 is 1.20 bits per heavy atom. The van der Waals surface area contributed by atoms with E-state index in [0.717, 1.165) is 32.2 Å². The Labute approximate surface area is 148 Å². The number of hydrogen-bond acceptors (Lipinski definition) is 5. The van der Waals surface area contributed by atoms with Gasteiger partial charge >= 0.3 is 0 Å². The van der Waals surface area contributed by atoms with E-state index in [2.05, 4.69) is 32.6 Å². The third-order valence-electron chi connectivity index (χ3n) is 3.98. The summed E-state index contributed by atoms with van der Waals surface area (Å²) >= 11 is 1.52. The molecule has 0 atom stereocenters. The molecule has 2 aromatic heterocycles. The van der Waals surface area contributed by atoms with Gasteiger partial charge in [0.2, 0.25) is 5.13 Å². The van der Waals surface area contributed by atoms with E-state index in [-0.39, 0.29) is 5.56 Å². The first-order valence-corrected chi connectivity index (χ1v) is 8.71. The van der Waals surface area contributed by atoms with Gasteiger partial charge in [-0.15, -0.1) is 0 Å². The lowest BCUT2D eigenvalue weighted by Crippen LogP contribution is -2.12. The number of rotatable bonds is 3. The molecule has 2 N–H and O–H groups in total. The van der Waals surface area contributed by atoms with Gasteiger partial charge in [0.1, 0.15) is 0 Å². The number of anilines is 1. The summed E-state index contributed by atoms with van der Waals surface area (Å²) < 4.78 is 1.09. The zero-order valence-corrected chi connectivity index (χ0v) is 14.6. The second kappa shape index (κ2) is 6.14. The number of H-pyrrole nitrogens is 1. The number of aromatic nitrogens is 2. The van der Waals surface area contributed by atoms with Crippen LogP contribution in [0.1, 0.15) is 16.7 Å². The molecule has 0 radical (unpaired) electrons. The number of fused-ring (bicyclic) bond motifs is 2. The summed E-state index contributed by atoms with van der Waals surface area (Å²) in [6.07, 6.45) is 1.53. The van der Waals surface area contributed by atoms with Gasteiger partial charge < -0.3 is 4.98 Å². The van der Waals surface area contributed by atoms with E-state index in [1.165, 1.54) is 17.6 Å². The maximum atomic E-state index is 12.3. The van der Waals surface area contributed by atoms with E-state index < -0.39 is 0 Å². The molecule has 0 saturated carbocycles. The maximum absolute atomic E-state index is 12.3. The van der Waals surface area contributed by atoms with Crippen molar-refractivity contribution in [1.29, 1.82) is 0 Å². The van der Waals surface area contributed by atoms with E-state index in [0.29, 0.717) is 10.7 Å². The van der Waals surface area contributed by atoms with Crippen LogP contribution in [0.4, 0.5) is 5.13 Å². The molecule has 5 nitrogen and oxygen atoms in total.